The minimum absolute atomic E-state index is 0.0000476. The third-order valence-corrected chi connectivity index (χ3v) is 5.57. The van der Waals surface area contributed by atoms with Gasteiger partial charge in [-0.25, -0.2) is 0 Å². The number of fused-ring (bicyclic) bond motifs is 1. The molecule has 0 radical (unpaired) electrons. The first kappa shape index (κ1) is 18.0. The Hall–Kier alpha value is -2.38. The first-order valence-electron chi connectivity index (χ1n) is 9.90. The van der Waals surface area contributed by atoms with Gasteiger partial charge in [0, 0.05) is 32.6 Å². The molecule has 0 saturated carbocycles. The average molecular weight is 373 g/mol. The van der Waals surface area contributed by atoms with Gasteiger partial charge in [-0.3, -0.25) is 14.3 Å². The van der Waals surface area contributed by atoms with Crippen molar-refractivity contribution in [2.75, 3.05) is 19.6 Å². The molecular weight excluding hydrogens is 346 g/mol. The first-order valence-corrected chi connectivity index (χ1v) is 9.90. The summed E-state index contributed by atoms with van der Waals surface area (Å²) in [6, 6.07) is 1.85. The number of carbonyl (C=O) groups excluding carboxylic acids is 2. The lowest BCUT2D eigenvalue weighted by atomic mass is 10.0. The zero-order valence-corrected chi connectivity index (χ0v) is 16.1. The lowest BCUT2D eigenvalue weighted by Gasteiger charge is -2.22. The quantitative estimate of drug-likeness (QED) is 0.807. The van der Waals surface area contributed by atoms with E-state index in [-0.39, 0.29) is 17.7 Å². The fourth-order valence-electron chi connectivity index (χ4n) is 3.91. The molecule has 27 heavy (non-hydrogen) atoms. The van der Waals surface area contributed by atoms with Crippen molar-refractivity contribution >= 4 is 17.5 Å². The van der Waals surface area contributed by atoms with E-state index in [0.29, 0.717) is 31.7 Å². The molecule has 1 atom stereocenters. The molecule has 3 aliphatic rings. The second kappa shape index (κ2) is 7.32. The molecule has 0 aromatic carbocycles. The van der Waals surface area contributed by atoms with E-state index in [0.717, 1.165) is 43.8 Å². The molecule has 4 heterocycles. The van der Waals surface area contributed by atoms with Crippen LogP contribution in [0.15, 0.2) is 11.2 Å². The third-order valence-electron chi connectivity index (χ3n) is 5.57. The molecule has 0 unspecified atom stereocenters. The van der Waals surface area contributed by atoms with Gasteiger partial charge < -0.3 is 14.6 Å². The van der Waals surface area contributed by atoms with Crippen LogP contribution in [-0.4, -0.2) is 62.8 Å². The van der Waals surface area contributed by atoms with Gasteiger partial charge in [-0.15, -0.1) is 0 Å². The monoisotopic (exact) mass is 373 g/mol. The second-order valence-electron chi connectivity index (χ2n) is 7.89. The highest BCUT2D eigenvalue weighted by Crippen LogP contribution is 2.22. The Morgan fingerprint density at radius 3 is 2.56 bits per heavy atom. The Bertz CT molecular complexity index is 763. The molecule has 0 aliphatic carbocycles. The van der Waals surface area contributed by atoms with Gasteiger partial charge in [0.15, 0.2) is 5.69 Å². The Kier molecular flexibility index (Phi) is 4.88. The van der Waals surface area contributed by atoms with Crippen molar-refractivity contribution in [3.05, 3.63) is 17.5 Å². The molecular formula is C19H27N5O3. The highest BCUT2D eigenvalue weighted by atomic mass is 16.6. The number of amides is 2. The number of aromatic nitrogens is 2. The SMILES string of the molecule is CC(C)C1=NO[C@H](C(=O)N2CCCn3nc(C(=O)N4CCCC4)cc3C2)C1. The number of oxime groups is 1. The van der Waals surface area contributed by atoms with Gasteiger partial charge in [-0.2, -0.15) is 5.10 Å². The summed E-state index contributed by atoms with van der Waals surface area (Å²) in [5, 5.41) is 8.59. The molecule has 0 spiro atoms. The van der Waals surface area contributed by atoms with Crippen molar-refractivity contribution in [1.82, 2.24) is 19.6 Å². The zero-order valence-electron chi connectivity index (χ0n) is 16.1. The van der Waals surface area contributed by atoms with Crippen molar-refractivity contribution in [2.24, 2.45) is 11.1 Å². The highest BCUT2D eigenvalue weighted by molar-refractivity contribution is 5.94. The molecule has 146 valence electrons. The van der Waals surface area contributed by atoms with Crippen molar-refractivity contribution in [2.45, 2.75) is 58.7 Å². The van der Waals surface area contributed by atoms with Crippen LogP contribution in [0.4, 0.5) is 0 Å². The summed E-state index contributed by atoms with van der Waals surface area (Å²) in [5.41, 5.74) is 2.34. The molecule has 1 saturated heterocycles. The standard InChI is InChI=1S/C19H27N5O3/c1-13(2)15-11-17(27-21-15)19(26)23-8-5-9-24-14(12-23)10-16(20-24)18(25)22-6-3-4-7-22/h10,13,17H,3-9,11-12H2,1-2H3/t17-/m0/s1. The van der Waals surface area contributed by atoms with Crippen LogP contribution in [-0.2, 0) is 22.7 Å². The molecule has 8 nitrogen and oxygen atoms in total. The van der Waals surface area contributed by atoms with E-state index >= 15 is 0 Å². The second-order valence-corrected chi connectivity index (χ2v) is 7.89. The maximum absolute atomic E-state index is 12.9. The number of hydrogen-bond acceptors (Lipinski definition) is 5. The van der Waals surface area contributed by atoms with E-state index in [1.165, 1.54) is 0 Å². The fourth-order valence-corrected chi connectivity index (χ4v) is 3.91. The Morgan fingerprint density at radius 1 is 1.11 bits per heavy atom. The maximum atomic E-state index is 12.9. The Labute approximate surface area is 159 Å². The molecule has 2 amide bonds. The van der Waals surface area contributed by atoms with Gasteiger partial charge in [0.25, 0.3) is 11.8 Å². The van der Waals surface area contributed by atoms with Gasteiger partial charge in [0.2, 0.25) is 6.10 Å². The molecule has 0 N–H and O–H groups in total. The minimum atomic E-state index is -0.525. The number of carbonyl (C=O) groups is 2. The number of likely N-dealkylation sites (tertiary alicyclic amines) is 1. The van der Waals surface area contributed by atoms with Gasteiger partial charge in [0.1, 0.15) is 0 Å². The van der Waals surface area contributed by atoms with E-state index in [4.69, 9.17) is 4.84 Å². The Balaban J connectivity index is 1.45. The lowest BCUT2D eigenvalue weighted by Crippen LogP contribution is -2.39. The topological polar surface area (TPSA) is 80.0 Å². The summed E-state index contributed by atoms with van der Waals surface area (Å²) in [6.07, 6.45) is 2.96. The predicted octanol–water partition coefficient (Wildman–Crippen LogP) is 1.65. The smallest absolute Gasteiger partial charge is 0.274 e. The summed E-state index contributed by atoms with van der Waals surface area (Å²) >= 11 is 0. The molecule has 0 bridgehead atoms. The first-order chi connectivity index (χ1) is 13.0. The minimum Gasteiger partial charge on any atom is -0.382 e. The van der Waals surface area contributed by atoms with Crippen molar-refractivity contribution in [3.63, 3.8) is 0 Å². The van der Waals surface area contributed by atoms with Crippen LogP contribution >= 0.6 is 0 Å². The summed E-state index contributed by atoms with van der Waals surface area (Å²) in [6.45, 7) is 7.55. The Morgan fingerprint density at radius 2 is 1.85 bits per heavy atom. The zero-order chi connectivity index (χ0) is 19.0. The van der Waals surface area contributed by atoms with E-state index in [2.05, 4.69) is 24.1 Å². The molecule has 1 aromatic rings. The van der Waals surface area contributed by atoms with Crippen molar-refractivity contribution in [3.8, 4) is 0 Å². The van der Waals surface area contributed by atoms with Crippen molar-refractivity contribution < 1.29 is 14.4 Å². The average Bonchev–Trinajstić information content (AvgIpc) is 3.39. The van der Waals surface area contributed by atoms with E-state index in [9.17, 15) is 9.59 Å². The molecule has 1 fully saturated rings. The lowest BCUT2D eigenvalue weighted by molar-refractivity contribution is -0.142. The van der Waals surface area contributed by atoms with Crippen LogP contribution in [0, 0.1) is 5.92 Å². The number of nitrogens with zero attached hydrogens (tertiary/aromatic N) is 5. The summed E-state index contributed by atoms with van der Waals surface area (Å²) in [5.74, 6) is 0.254. The van der Waals surface area contributed by atoms with Crippen molar-refractivity contribution in [1.29, 1.82) is 0 Å². The normalized spacial score (nSPS) is 22.5. The predicted molar refractivity (Wildman–Crippen MR) is 99.2 cm³/mol. The summed E-state index contributed by atoms with van der Waals surface area (Å²) in [4.78, 5) is 34.6. The van der Waals surface area contributed by atoms with Crippen LogP contribution in [0.5, 0.6) is 0 Å². The maximum Gasteiger partial charge on any atom is 0.274 e. The van der Waals surface area contributed by atoms with E-state index in [1.54, 1.807) is 0 Å². The summed E-state index contributed by atoms with van der Waals surface area (Å²) in [7, 11) is 0. The van der Waals surface area contributed by atoms with Gasteiger partial charge >= 0.3 is 0 Å². The molecule has 3 aliphatic heterocycles. The number of rotatable bonds is 3. The van der Waals surface area contributed by atoms with Crippen LogP contribution < -0.4 is 0 Å². The van der Waals surface area contributed by atoms with Crippen LogP contribution in [0.3, 0.4) is 0 Å². The molecule has 8 heteroatoms. The van der Waals surface area contributed by atoms with E-state index < -0.39 is 6.10 Å². The fraction of sp³-hybridized carbons (Fsp3) is 0.684. The van der Waals surface area contributed by atoms with Gasteiger partial charge in [0.05, 0.1) is 18.0 Å². The van der Waals surface area contributed by atoms with Crippen LogP contribution in [0.1, 0.15) is 55.7 Å². The summed E-state index contributed by atoms with van der Waals surface area (Å²) < 4.78 is 1.88. The van der Waals surface area contributed by atoms with Crippen LogP contribution in [0.2, 0.25) is 0 Å². The molecule has 1 aromatic heterocycles. The van der Waals surface area contributed by atoms with Crippen LogP contribution in [0.25, 0.3) is 0 Å². The van der Waals surface area contributed by atoms with E-state index in [1.807, 2.05) is 20.5 Å². The van der Waals surface area contributed by atoms with Gasteiger partial charge in [-0.05, 0) is 31.2 Å². The third kappa shape index (κ3) is 3.57. The number of hydrogen-bond donors (Lipinski definition) is 0. The highest BCUT2D eigenvalue weighted by Gasteiger charge is 2.34. The number of aryl methyl sites for hydroxylation is 1. The largest absolute Gasteiger partial charge is 0.382 e. The molecule has 4 rings (SSSR count). The van der Waals surface area contributed by atoms with Gasteiger partial charge in [-0.1, -0.05) is 19.0 Å².